The number of halogens is 1. The van der Waals surface area contributed by atoms with Crippen molar-refractivity contribution in [1.29, 1.82) is 0 Å². The van der Waals surface area contributed by atoms with Gasteiger partial charge in [-0.05, 0) is 79.3 Å². The highest BCUT2D eigenvalue weighted by molar-refractivity contribution is 7.89. The zero-order chi connectivity index (χ0) is 25.3. The minimum absolute atomic E-state index is 0.148. The number of fused-ring (bicyclic) bond motifs is 1. The lowest BCUT2D eigenvalue weighted by Gasteiger charge is -2.26. The monoisotopic (exact) mass is 558 g/mol. The van der Waals surface area contributed by atoms with Crippen LogP contribution in [0.5, 0.6) is 0 Å². The molecular weight excluding hydrogens is 536 g/mol. The van der Waals surface area contributed by atoms with Gasteiger partial charge < -0.3 is 15.4 Å². The second-order valence-electron chi connectivity index (χ2n) is 8.30. The molecule has 1 aromatic heterocycles. The molecule has 0 saturated carbocycles. The summed E-state index contributed by atoms with van der Waals surface area (Å²) in [4.78, 5) is 4.88. The van der Waals surface area contributed by atoms with Crippen molar-refractivity contribution in [2.45, 2.75) is 11.8 Å². The molecule has 4 aromatic rings. The molecule has 1 aliphatic heterocycles. The standard InChI is InChI=1S/C25H23ClN4O3S3/c1-16-2-9-21-23(14-16)35-24(28-21)17-3-5-18(6-4-17)27-25(34)29-22-15-19(7-8-20(22)26)36(31,32)30-10-12-33-13-11-30/h2-9,14-15H,10-13H2,1H3,(H2,27,29,34). The maximum atomic E-state index is 13.0. The van der Waals surface area contributed by atoms with E-state index in [-0.39, 0.29) is 4.90 Å². The Hall–Kier alpha value is -2.60. The summed E-state index contributed by atoms with van der Waals surface area (Å²) >= 11 is 13.4. The van der Waals surface area contributed by atoms with E-state index in [1.165, 1.54) is 22.0 Å². The summed E-state index contributed by atoms with van der Waals surface area (Å²) in [6.45, 7) is 3.47. The minimum atomic E-state index is -3.65. The van der Waals surface area contributed by atoms with E-state index in [1.807, 2.05) is 30.3 Å². The summed E-state index contributed by atoms with van der Waals surface area (Å²) in [7, 11) is -3.65. The van der Waals surface area contributed by atoms with Crippen molar-refractivity contribution in [3.63, 3.8) is 0 Å². The first kappa shape index (κ1) is 25.1. The smallest absolute Gasteiger partial charge is 0.243 e. The van der Waals surface area contributed by atoms with Gasteiger partial charge in [-0.2, -0.15) is 4.31 Å². The van der Waals surface area contributed by atoms with E-state index < -0.39 is 10.0 Å². The Kier molecular flexibility index (Phi) is 7.25. The molecule has 0 aliphatic carbocycles. The number of aromatic nitrogens is 1. The van der Waals surface area contributed by atoms with Crippen molar-refractivity contribution in [3.05, 3.63) is 71.2 Å². The van der Waals surface area contributed by atoms with Crippen LogP contribution in [0.1, 0.15) is 5.56 Å². The van der Waals surface area contributed by atoms with E-state index in [1.54, 1.807) is 17.4 Å². The van der Waals surface area contributed by atoms with Crippen LogP contribution in [0.3, 0.4) is 0 Å². The van der Waals surface area contributed by atoms with Gasteiger partial charge in [0, 0.05) is 24.3 Å². The Balaban J connectivity index is 1.28. The molecular formula is C25H23ClN4O3S3. The third-order valence-electron chi connectivity index (χ3n) is 5.73. The Labute approximate surface area is 224 Å². The number of aryl methyl sites for hydroxylation is 1. The molecule has 36 heavy (non-hydrogen) atoms. The Bertz CT molecular complexity index is 1530. The second-order valence-corrected chi connectivity index (χ2v) is 12.1. The van der Waals surface area contributed by atoms with Gasteiger partial charge in [-0.3, -0.25) is 0 Å². The average molecular weight is 559 g/mol. The van der Waals surface area contributed by atoms with Crippen LogP contribution in [0.4, 0.5) is 11.4 Å². The fourth-order valence-corrected chi connectivity index (χ4v) is 6.73. The predicted octanol–water partition coefficient (Wildman–Crippen LogP) is 5.75. The van der Waals surface area contributed by atoms with Crippen molar-refractivity contribution in [2.75, 3.05) is 36.9 Å². The zero-order valence-corrected chi connectivity index (χ0v) is 22.5. The fraction of sp³-hybridized carbons (Fsp3) is 0.200. The number of rotatable bonds is 5. The molecule has 0 radical (unpaired) electrons. The second kappa shape index (κ2) is 10.4. The molecule has 1 fully saturated rings. The lowest BCUT2D eigenvalue weighted by Crippen LogP contribution is -2.40. The van der Waals surface area contributed by atoms with Gasteiger partial charge in [0.1, 0.15) is 5.01 Å². The van der Waals surface area contributed by atoms with E-state index in [0.717, 1.165) is 26.5 Å². The SMILES string of the molecule is Cc1ccc2nc(-c3ccc(NC(=S)Nc4cc(S(=O)(=O)N5CCOCC5)ccc4Cl)cc3)sc2c1. The third kappa shape index (κ3) is 5.39. The molecule has 0 spiro atoms. The summed E-state index contributed by atoms with van der Waals surface area (Å²) in [5.41, 5.74) is 4.40. The molecule has 11 heteroatoms. The highest BCUT2D eigenvalue weighted by atomic mass is 35.5. The number of benzene rings is 3. The molecule has 5 rings (SSSR count). The number of nitrogens with zero attached hydrogens (tertiary/aromatic N) is 2. The summed E-state index contributed by atoms with van der Waals surface area (Å²) in [6.07, 6.45) is 0. The third-order valence-corrected chi connectivity index (χ3v) is 9.22. The van der Waals surface area contributed by atoms with Crippen LogP contribution in [-0.4, -0.2) is 49.1 Å². The van der Waals surface area contributed by atoms with Crippen molar-refractivity contribution >= 4 is 71.9 Å². The number of thiazole rings is 1. The molecule has 2 N–H and O–H groups in total. The Morgan fingerprint density at radius 1 is 1.06 bits per heavy atom. The number of nitrogens with one attached hydrogen (secondary N) is 2. The molecule has 1 aliphatic rings. The summed E-state index contributed by atoms with van der Waals surface area (Å²) in [5.74, 6) is 0. The van der Waals surface area contributed by atoms with E-state index in [9.17, 15) is 8.42 Å². The molecule has 1 saturated heterocycles. The van der Waals surface area contributed by atoms with E-state index in [0.29, 0.717) is 42.1 Å². The number of morpholine rings is 1. The molecule has 0 bridgehead atoms. The van der Waals surface area contributed by atoms with Crippen molar-refractivity contribution < 1.29 is 13.2 Å². The van der Waals surface area contributed by atoms with Crippen molar-refractivity contribution in [1.82, 2.24) is 9.29 Å². The van der Waals surface area contributed by atoms with E-state index in [4.69, 9.17) is 33.5 Å². The van der Waals surface area contributed by atoms with Gasteiger partial charge in [-0.1, -0.05) is 17.7 Å². The van der Waals surface area contributed by atoms with Crippen LogP contribution in [-0.2, 0) is 14.8 Å². The molecule has 186 valence electrons. The highest BCUT2D eigenvalue weighted by Gasteiger charge is 2.27. The van der Waals surface area contributed by atoms with E-state index >= 15 is 0 Å². The van der Waals surface area contributed by atoms with Gasteiger partial charge in [-0.25, -0.2) is 13.4 Å². The summed E-state index contributed by atoms with van der Waals surface area (Å²) in [5, 5.41) is 7.74. The van der Waals surface area contributed by atoms with E-state index in [2.05, 4.69) is 29.7 Å². The molecule has 7 nitrogen and oxygen atoms in total. The van der Waals surface area contributed by atoms with Crippen LogP contribution in [0, 0.1) is 6.92 Å². The fourth-order valence-electron chi connectivity index (χ4n) is 3.83. The van der Waals surface area contributed by atoms with Gasteiger partial charge in [0.05, 0.1) is 39.0 Å². The Morgan fingerprint density at radius 2 is 1.81 bits per heavy atom. The summed E-state index contributed by atoms with van der Waals surface area (Å²) < 4.78 is 33.8. The molecule has 0 atom stereocenters. The normalized spacial score (nSPS) is 14.6. The zero-order valence-electron chi connectivity index (χ0n) is 19.3. The first-order valence-electron chi connectivity index (χ1n) is 11.2. The van der Waals surface area contributed by atoms with Crippen molar-refractivity contribution in [3.8, 4) is 10.6 Å². The van der Waals surface area contributed by atoms with Crippen LogP contribution in [0.25, 0.3) is 20.8 Å². The number of hydrogen-bond donors (Lipinski definition) is 2. The maximum Gasteiger partial charge on any atom is 0.243 e. The number of anilines is 2. The Morgan fingerprint density at radius 3 is 2.56 bits per heavy atom. The number of thiocarbonyl (C=S) groups is 1. The first-order valence-corrected chi connectivity index (χ1v) is 14.3. The lowest BCUT2D eigenvalue weighted by atomic mass is 10.2. The van der Waals surface area contributed by atoms with Crippen molar-refractivity contribution in [2.24, 2.45) is 0 Å². The summed E-state index contributed by atoms with van der Waals surface area (Å²) in [6, 6.07) is 18.6. The maximum absolute atomic E-state index is 13.0. The van der Waals surface area contributed by atoms with Gasteiger partial charge in [0.2, 0.25) is 10.0 Å². The lowest BCUT2D eigenvalue weighted by molar-refractivity contribution is 0.0730. The quantitative estimate of drug-likeness (QED) is 0.301. The number of ether oxygens (including phenoxy) is 1. The number of hydrogen-bond acceptors (Lipinski definition) is 6. The topological polar surface area (TPSA) is 83.6 Å². The average Bonchev–Trinajstić information content (AvgIpc) is 3.29. The van der Waals surface area contributed by atoms with Gasteiger partial charge in [0.15, 0.2) is 5.11 Å². The van der Waals surface area contributed by atoms with Crippen LogP contribution >= 0.6 is 35.2 Å². The molecule has 3 aromatic carbocycles. The minimum Gasteiger partial charge on any atom is -0.379 e. The van der Waals surface area contributed by atoms with Crippen LogP contribution in [0.15, 0.2) is 65.6 Å². The molecule has 0 unspecified atom stereocenters. The molecule has 2 heterocycles. The first-order chi connectivity index (χ1) is 17.3. The van der Waals surface area contributed by atoms with Gasteiger partial charge in [-0.15, -0.1) is 11.3 Å². The largest absolute Gasteiger partial charge is 0.379 e. The van der Waals surface area contributed by atoms with Crippen LogP contribution in [0.2, 0.25) is 5.02 Å². The van der Waals surface area contributed by atoms with Gasteiger partial charge >= 0.3 is 0 Å². The highest BCUT2D eigenvalue weighted by Crippen LogP contribution is 2.32. The predicted molar refractivity (Wildman–Crippen MR) is 151 cm³/mol. The van der Waals surface area contributed by atoms with Crippen LogP contribution < -0.4 is 10.6 Å². The number of sulfonamides is 1. The van der Waals surface area contributed by atoms with Gasteiger partial charge in [0.25, 0.3) is 0 Å². The molecule has 0 amide bonds.